The highest BCUT2D eigenvalue weighted by molar-refractivity contribution is 6.03. The van der Waals surface area contributed by atoms with E-state index in [0.29, 0.717) is 11.5 Å². The molecule has 0 bridgehead atoms. The van der Waals surface area contributed by atoms with Crippen molar-refractivity contribution in [3.8, 4) is 0 Å². The number of benzene rings is 1. The lowest BCUT2D eigenvalue weighted by molar-refractivity contribution is -0.137. The molecule has 152 valence electrons. The van der Waals surface area contributed by atoms with Crippen LogP contribution >= 0.6 is 0 Å². The summed E-state index contributed by atoms with van der Waals surface area (Å²) in [5, 5.41) is 8.82. The van der Waals surface area contributed by atoms with E-state index in [9.17, 15) is 22.8 Å². The van der Waals surface area contributed by atoms with Crippen LogP contribution in [0.15, 0.2) is 47.0 Å². The maximum atomic E-state index is 13.3. The molecule has 0 spiro atoms. The first-order chi connectivity index (χ1) is 13.6. The van der Waals surface area contributed by atoms with Gasteiger partial charge < -0.3 is 15.1 Å². The average Bonchev–Trinajstić information content (AvgIpc) is 3.27. The van der Waals surface area contributed by atoms with Crippen molar-refractivity contribution >= 4 is 17.5 Å². The van der Waals surface area contributed by atoms with E-state index >= 15 is 0 Å². The molecule has 0 aliphatic rings. The highest BCUT2D eigenvalue weighted by Gasteiger charge is 2.32. The van der Waals surface area contributed by atoms with Gasteiger partial charge in [-0.1, -0.05) is 0 Å². The van der Waals surface area contributed by atoms with Crippen molar-refractivity contribution < 1.29 is 27.2 Å². The van der Waals surface area contributed by atoms with Gasteiger partial charge in [0, 0.05) is 24.5 Å². The molecular weight excluding hydrogens is 389 g/mol. The van der Waals surface area contributed by atoms with Gasteiger partial charge in [0.1, 0.15) is 5.76 Å². The van der Waals surface area contributed by atoms with E-state index in [0.717, 1.165) is 12.1 Å². The molecule has 2 amide bonds. The Morgan fingerprint density at radius 2 is 1.90 bits per heavy atom. The molecule has 0 saturated heterocycles. The fourth-order valence-electron chi connectivity index (χ4n) is 2.59. The molecule has 2 N–H and O–H groups in total. The molecule has 2 heterocycles. The largest absolute Gasteiger partial charge is 0.456 e. The van der Waals surface area contributed by atoms with Gasteiger partial charge in [-0.05, 0) is 43.3 Å². The first-order valence-corrected chi connectivity index (χ1v) is 8.48. The van der Waals surface area contributed by atoms with Crippen molar-refractivity contribution in [1.29, 1.82) is 0 Å². The summed E-state index contributed by atoms with van der Waals surface area (Å²) in [6.07, 6.45) is -3.16. The summed E-state index contributed by atoms with van der Waals surface area (Å²) in [4.78, 5) is 24.6. The molecular formula is C19H17F3N4O3. The molecule has 10 heteroatoms. The standard InChI is InChI=1S/C19H17F3N4O3/c1-11-3-4-16(29-11)18(28)25-14-8-12(7-13(9-14)19(20,21)22)17(27)23-10-15-5-6-24-26(15)2/h3-9H,10H2,1-2H3,(H,23,27)(H,25,28). The van der Waals surface area contributed by atoms with E-state index in [1.807, 2.05) is 0 Å². The van der Waals surface area contributed by atoms with Gasteiger partial charge in [0.15, 0.2) is 5.76 Å². The predicted molar refractivity (Wildman–Crippen MR) is 97.2 cm³/mol. The highest BCUT2D eigenvalue weighted by atomic mass is 19.4. The smallest absolute Gasteiger partial charge is 0.416 e. The third-order valence-electron chi connectivity index (χ3n) is 4.10. The quantitative estimate of drug-likeness (QED) is 0.679. The number of nitrogens with one attached hydrogen (secondary N) is 2. The van der Waals surface area contributed by atoms with Gasteiger partial charge in [-0.3, -0.25) is 14.3 Å². The molecule has 0 fully saturated rings. The number of rotatable bonds is 5. The van der Waals surface area contributed by atoms with E-state index in [4.69, 9.17) is 4.42 Å². The van der Waals surface area contributed by atoms with Crippen LogP contribution in [-0.2, 0) is 19.8 Å². The minimum Gasteiger partial charge on any atom is -0.456 e. The molecule has 29 heavy (non-hydrogen) atoms. The van der Waals surface area contributed by atoms with E-state index in [-0.39, 0.29) is 23.6 Å². The first kappa shape index (κ1) is 20.2. The molecule has 0 saturated carbocycles. The van der Waals surface area contributed by atoms with Crippen LogP contribution in [0.2, 0.25) is 0 Å². The number of carbonyl (C=O) groups is 2. The van der Waals surface area contributed by atoms with Gasteiger partial charge in [0.25, 0.3) is 11.8 Å². The van der Waals surface area contributed by atoms with Crippen LogP contribution in [0, 0.1) is 6.92 Å². The van der Waals surface area contributed by atoms with Crippen LogP contribution in [0.3, 0.4) is 0 Å². The van der Waals surface area contributed by atoms with Crippen LogP contribution in [0.1, 0.15) is 37.9 Å². The van der Waals surface area contributed by atoms with Gasteiger partial charge >= 0.3 is 6.18 Å². The molecule has 0 aliphatic carbocycles. The lowest BCUT2D eigenvalue weighted by atomic mass is 10.1. The van der Waals surface area contributed by atoms with Crippen LogP contribution in [0.25, 0.3) is 0 Å². The molecule has 0 atom stereocenters. The fraction of sp³-hybridized carbons (Fsp3) is 0.211. The number of amides is 2. The van der Waals surface area contributed by atoms with Gasteiger partial charge in [0.05, 0.1) is 17.8 Å². The Kier molecular flexibility index (Phi) is 5.44. The molecule has 3 rings (SSSR count). The van der Waals surface area contributed by atoms with Gasteiger partial charge in [0.2, 0.25) is 0 Å². The summed E-state index contributed by atoms with van der Waals surface area (Å²) >= 11 is 0. The zero-order valence-electron chi connectivity index (χ0n) is 15.5. The third-order valence-corrected chi connectivity index (χ3v) is 4.10. The van der Waals surface area contributed by atoms with E-state index in [2.05, 4.69) is 15.7 Å². The van der Waals surface area contributed by atoms with Crippen molar-refractivity contribution in [3.63, 3.8) is 0 Å². The normalized spacial score (nSPS) is 11.3. The third kappa shape index (κ3) is 4.84. The number of hydrogen-bond acceptors (Lipinski definition) is 4. The van der Waals surface area contributed by atoms with Crippen LogP contribution in [-0.4, -0.2) is 21.6 Å². The van der Waals surface area contributed by atoms with Crippen molar-refractivity contribution in [3.05, 3.63) is 70.9 Å². The van der Waals surface area contributed by atoms with E-state index in [1.165, 1.54) is 23.0 Å². The van der Waals surface area contributed by atoms with Crippen molar-refractivity contribution in [2.75, 3.05) is 5.32 Å². The van der Waals surface area contributed by atoms with Gasteiger partial charge in [-0.25, -0.2) is 0 Å². The lowest BCUT2D eigenvalue weighted by Crippen LogP contribution is -2.25. The zero-order chi connectivity index (χ0) is 21.2. The number of halogens is 3. The highest BCUT2D eigenvalue weighted by Crippen LogP contribution is 2.32. The molecule has 0 unspecified atom stereocenters. The summed E-state index contributed by atoms with van der Waals surface area (Å²) in [5.41, 5.74) is -0.805. The Labute approximate surface area is 163 Å². The Hall–Kier alpha value is -3.56. The number of hydrogen-bond donors (Lipinski definition) is 2. The summed E-state index contributed by atoms with van der Waals surface area (Å²) in [5.74, 6) is -1.02. The SMILES string of the molecule is Cc1ccc(C(=O)Nc2cc(C(=O)NCc3ccnn3C)cc(C(F)(F)F)c2)o1. The van der Waals surface area contributed by atoms with Crippen LogP contribution in [0.5, 0.6) is 0 Å². The molecule has 7 nitrogen and oxygen atoms in total. The first-order valence-electron chi connectivity index (χ1n) is 8.48. The molecule has 2 aromatic heterocycles. The topological polar surface area (TPSA) is 89.2 Å². The Morgan fingerprint density at radius 1 is 1.14 bits per heavy atom. The molecule has 0 aliphatic heterocycles. The summed E-state index contributed by atoms with van der Waals surface area (Å²) in [7, 11) is 1.68. The van der Waals surface area contributed by atoms with E-state index < -0.39 is 23.6 Å². The second-order valence-electron chi connectivity index (χ2n) is 6.29. The molecule has 0 radical (unpaired) electrons. The maximum absolute atomic E-state index is 13.3. The minimum absolute atomic E-state index is 0.0536. The van der Waals surface area contributed by atoms with Gasteiger partial charge in [-0.15, -0.1) is 0 Å². The Morgan fingerprint density at radius 3 is 2.48 bits per heavy atom. The fourth-order valence-corrected chi connectivity index (χ4v) is 2.59. The number of anilines is 1. The average molecular weight is 406 g/mol. The van der Waals surface area contributed by atoms with Crippen molar-refractivity contribution in [2.45, 2.75) is 19.6 Å². The molecule has 3 aromatic rings. The second-order valence-corrected chi connectivity index (χ2v) is 6.29. The molecule has 1 aromatic carbocycles. The van der Waals surface area contributed by atoms with Crippen molar-refractivity contribution in [2.24, 2.45) is 7.05 Å². The van der Waals surface area contributed by atoms with Crippen LogP contribution < -0.4 is 10.6 Å². The lowest BCUT2D eigenvalue weighted by Gasteiger charge is -2.13. The monoisotopic (exact) mass is 406 g/mol. The second kappa shape index (κ2) is 7.82. The Balaban J connectivity index is 1.84. The van der Waals surface area contributed by atoms with Gasteiger partial charge in [-0.2, -0.15) is 18.3 Å². The number of alkyl halides is 3. The van der Waals surface area contributed by atoms with Crippen LogP contribution in [0.4, 0.5) is 18.9 Å². The zero-order valence-corrected chi connectivity index (χ0v) is 15.5. The number of aromatic nitrogens is 2. The summed E-state index contributed by atoms with van der Waals surface area (Å²) < 4.78 is 46.5. The number of nitrogens with zero attached hydrogens (tertiary/aromatic N) is 2. The number of furan rings is 1. The van der Waals surface area contributed by atoms with Crippen molar-refractivity contribution in [1.82, 2.24) is 15.1 Å². The maximum Gasteiger partial charge on any atom is 0.416 e. The Bertz CT molecular complexity index is 1050. The minimum atomic E-state index is -4.70. The van der Waals surface area contributed by atoms with E-state index in [1.54, 1.807) is 26.1 Å². The predicted octanol–water partition coefficient (Wildman–Crippen LogP) is 3.52. The summed E-state index contributed by atoms with van der Waals surface area (Å²) in [6, 6.07) is 7.28. The summed E-state index contributed by atoms with van der Waals surface area (Å²) in [6.45, 7) is 1.71. The number of carbonyl (C=O) groups excluding carboxylic acids is 2. The number of aryl methyl sites for hydroxylation is 2.